The number of carboxylic acid groups (broad SMARTS) is 1. The van der Waals surface area contributed by atoms with Crippen molar-refractivity contribution in [3.05, 3.63) is 35.4 Å². The van der Waals surface area contributed by atoms with Crippen molar-refractivity contribution in [1.82, 2.24) is 5.32 Å². The van der Waals surface area contributed by atoms with Crippen LogP contribution in [0.3, 0.4) is 0 Å². The van der Waals surface area contributed by atoms with E-state index in [-0.39, 0.29) is 29.2 Å². The molecule has 0 aromatic heterocycles. The number of amides is 1. The number of fused-ring (bicyclic) bond motifs is 2. The lowest BCUT2D eigenvalue weighted by Crippen LogP contribution is -2.36. The molecule has 4 heteroatoms. The SMILES string of the molecule is O=C(N[C@@H]1CC[C@H](C(=O)O)C1)C1CC12CCc1ccccc12. The van der Waals surface area contributed by atoms with E-state index in [1.165, 1.54) is 11.1 Å². The molecule has 3 aliphatic rings. The molecular weight excluding hydrogens is 278 g/mol. The molecule has 0 heterocycles. The van der Waals surface area contributed by atoms with Crippen LogP contribution in [-0.4, -0.2) is 23.0 Å². The van der Waals surface area contributed by atoms with Crippen LogP contribution in [-0.2, 0) is 21.4 Å². The van der Waals surface area contributed by atoms with Gasteiger partial charge in [-0.05, 0) is 49.7 Å². The van der Waals surface area contributed by atoms with Crippen molar-refractivity contribution in [2.75, 3.05) is 0 Å². The van der Waals surface area contributed by atoms with Gasteiger partial charge in [0.05, 0.1) is 5.92 Å². The monoisotopic (exact) mass is 299 g/mol. The summed E-state index contributed by atoms with van der Waals surface area (Å²) >= 11 is 0. The first-order chi connectivity index (χ1) is 10.6. The van der Waals surface area contributed by atoms with Gasteiger partial charge in [0.15, 0.2) is 0 Å². The van der Waals surface area contributed by atoms with Crippen LogP contribution in [0, 0.1) is 11.8 Å². The minimum absolute atomic E-state index is 0.0443. The van der Waals surface area contributed by atoms with Gasteiger partial charge in [0, 0.05) is 17.4 Å². The van der Waals surface area contributed by atoms with E-state index in [1.807, 2.05) is 0 Å². The first-order valence-electron chi connectivity index (χ1n) is 8.22. The number of carbonyl (C=O) groups excluding carboxylic acids is 1. The summed E-state index contributed by atoms with van der Waals surface area (Å²) in [6, 6.07) is 8.52. The summed E-state index contributed by atoms with van der Waals surface area (Å²) in [5.41, 5.74) is 2.83. The van der Waals surface area contributed by atoms with Gasteiger partial charge in [0.2, 0.25) is 5.91 Å². The van der Waals surface area contributed by atoms with E-state index in [9.17, 15) is 9.59 Å². The van der Waals surface area contributed by atoms with E-state index in [4.69, 9.17) is 5.11 Å². The second-order valence-corrected chi connectivity index (χ2v) is 7.12. The zero-order valence-corrected chi connectivity index (χ0v) is 12.5. The van der Waals surface area contributed by atoms with E-state index < -0.39 is 5.97 Å². The third kappa shape index (κ3) is 2.04. The van der Waals surface area contributed by atoms with Crippen molar-refractivity contribution >= 4 is 11.9 Å². The van der Waals surface area contributed by atoms with Gasteiger partial charge in [-0.1, -0.05) is 24.3 Å². The van der Waals surface area contributed by atoms with Gasteiger partial charge in [0.1, 0.15) is 0 Å². The van der Waals surface area contributed by atoms with Crippen LogP contribution in [0.25, 0.3) is 0 Å². The largest absolute Gasteiger partial charge is 0.481 e. The summed E-state index contributed by atoms with van der Waals surface area (Å²) in [5, 5.41) is 12.2. The molecule has 4 nitrogen and oxygen atoms in total. The summed E-state index contributed by atoms with van der Waals surface area (Å²) in [7, 11) is 0. The Morgan fingerprint density at radius 3 is 2.82 bits per heavy atom. The van der Waals surface area contributed by atoms with Crippen LogP contribution in [0.4, 0.5) is 0 Å². The molecule has 116 valence electrons. The Labute approximate surface area is 129 Å². The van der Waals surface area contributed by atoms with Crippen LogP contribution in [0.1, 0.15) is 43.2 Å². The molecule has 2 saturated carbocycles. The maximum Gasteiger partial charge on any atom is 0.306 e. The van der Waals surface area contributed by atoms with Gasteiger partial charge in [-0.2, -0.15) is 0 Å². The lowest BCUT2D eigenvalue weighted by Gasteiger charge is -2.15. The highest BCUT2D eigenvalue weighted by Gasteiger charge is 2.61. The van der Waals surface area contributed by atoms with Crippen molar-refractivity contribution in [2.45, 2.75) is 50.0 Å². The van der Waals surface area contributed by atoms with Crippen LogP contribution in [0.15, 0.2) is 24.3 Å². The van der Waals surface area contributed by atoms with E-state index in [1.54, 1.807) is 0 Å². The van der Waals surface area contributed by atoms with E-state index >= 15 is 0 Å². The average Bonchev–Trinajstić information content (AvgIpc) is 2.86. The lowest BCUT2D eigenvalue weighted by molar-refractivity contribution is -0.141. The van der Waals surface area contributed by atoms with Crippen LogP contribution in [0.2, 0.25) is 0 Å². The Balaban J connectivity index is 1.41. The molecule has 2 fully saturated rings. The smallest absolute Gasteiger partial charge is 0.306 e. The van der Waals surface area contributed by atoms with E-state index in [2.05, 4.69) is 29.6 Å². The second-order valence-electron chi connectivity index (χ2n) is 7.12. The maximum atomic E-state index is 12.6. The van der Waals surface area contributed by atoms with Gasteiger partial charge >= 0.3 is 5.97 Å². The van der Waals surface area contributed by atoms with Gasteiger partial charge in [-0.25, -0.2) is 0 Å². The number of nitrogens with one attached hydrogen (secondary N) is 1. The lowest BCUT2D eigenvalue weighted by atomic mass is 9.95. The number of aryl methyl sites for hydroxylation is 1. The Kier molecular flexibility index (Phi) is 3.03. The summed E-state index contributed by atoms with van der Waals surface area (Å²) in [4.78, 5) is 23.6. The minimum Gasteiger partial charge on any atom is -0.481 e. The fourth-order valence-electron chi connectivity index (χ4n) is 4.58. The van der Waals surface area contributed by atoms with Crippen LogP contribution < -0.4 is 5.32 Å². The Morgan fingerprint density at radius 2 is 2.05 bits per heavy atom. The third-order valence-electron chi connectivity index (χ3n) is 5.91. The second kappa shape index (κ2) is 4.83. The van der Waals surface area contributed by atoms with Crippen LogP contribution in [0.5, 0.6) is 0 Å². The fraction of sp³-hybridized carbons (Fsp3) is 0.556. The maximum absolute atomic E-state index is 12.6. The zero-order valence-electron chi connectivity index (χ0n) is 12.5. The molecule has 4 rings (SSSR count). The topological polar surface area (TPSA) is 66.4 Å². The average molecular weight is 299 g/mol. The predicted molar refractivity (Wildman–Crippen MR) is 81.5 cm³/mol. The Hall–Kier alpha value is -1.84. The highest BCUT2D eigenvalue weighted by Crippen LogP contribution is 2.61. The molecule has 0 saturated heterocycles. The molecule has 3 aliphatic carbocycles. The number of benzene rings is 1. The highest BCUT2D eigenvalue weighted by atomic mass is 16.4. The van der Waals surface area contributed by atoms with Crippen LogP contribution >= 0.6 is 0 Å². The number of carbonyl (C=O) groups is 2. The number of hydrogen-bond donors (Lipinski definition) is 2. The van der Waals surface area contributed by atoms with Gasteiger partial charge < -0.3 is 10.4 Å². The molecular formula is C18H21NO3. The van der Waals surface area contributed by atoms with Crippen molar-refractivity contribution in [2.24, 2.45) is 11.8 Å². The standard InChI is InChI=1S/C18H21NO3/c20-16(19-13-6-5-12(9-13)17(21)22)15-10-18(15)8-7-11-3-1-2-4-14(11)18/h1-4,12-13,15H,5-10H2,(H,19,20)(H,21,22)/t12-,13+,15?,18?/m0/s1. The van der Waals surface area contributed by atoms with Crippen molar-refractivity contribution in [1.29, 1.82) is 0 Å². The number of hydrogen-bond acceptors (Lipinski definition) is 2. The summed E-state index contributed by atoms with van der Waals surface area (Å²) < 4.78 is 0. The van der Waals surface area contributed by atoms with Crippen molar-refractivity contribution in [3.8, 4) is 0 Å². The zero-order chi connectivity index (χ0) is 15.3. The Morgan fingerprint density at radius 1 is 1.23 bits per heavy atom. The fourth-order valence-corrected chi connectivity index (χ4v) is 4.58. The third-order valence-corrected chi connectivity index (χ3v) is 5.91. The normalized spacial score (nSPS) is 35.4. The highest BCUT2D eigenvalue weighted by molar-refractivity contribution is 5.85. The van der Waals surface area contributed by atoms with Gasteiger partial charge in [0.25, 0.3) is 0 Å². The van der Waals surface area contributed by atoms with E-state index in [0.29, 0.717) is 12.8 Å². The molecule has 2 N–H and O–H groups in total. The Bertz CT molecular complexity index is 641. The van der Waals surface area contributed by atoms with Gasteiger partial charge in [-0.15, -0.1) is 0 Å². The molecule has 1 spiro atoms. The summed E-state index contributed by atoms with van der Waals surface area (Å²) in [5.74, 6) is -0.803. The molecule has 1 aromatic carbocycles. The predicted octanol–water partition coefficient (Wildman–Crippen LogP) is 2.26. The summed E-state index contributed by atoms with van der Waals surface area (Å²) in [6.45, 7) is 0. The minimum atomic E-state index is -0.732. The van der Waals surface area contributed by atoms with Crippen molar-refractivity contribution < 1.29 is 14.7 Å². The quantitative estimate of drug-likeness (QED) is 0.899. The molecule has 2 unspecified atom stereocenters. The molecule has 0 radical (unpaired) electrons. The molecule has 4 atom stereocenters. The number of aliphatic carboxylic acids is 1. The van der Waals surface area contributed by atoms with E-state index in [0.717, 1.165) is 25.7 Å². The molecule has 22 heavy (non-hydrogen) atoms. The molecule has 0 aliphatic heterocycles. The molecule has 1 amide bonds. The molecule has 0 bridgehead atoms. The van der Waals surface area contributed by atoms with Gasteiger partial charge in [-0.3, -0.25) is 9.59 Å². The first kappa shape index (κ1) is 13.8. The first-order valence-corrected chi connectivity index (χ1v) is 8.22. The number of rotatable bonds is 3. The molecule has 1 aromatic rings. The van der Waals surface area contributed by atoms with Crippen molar-refractivity contribution in [3.63, 3.8) is 0 Å². The summed E-state index contributed by atoms with van der Waals surface area (Å²) in [6.07, 6.45) is 5.15. The number of carboxylic acids is 1.